The van der Waals surface area contributed by atoms with Crippen LogP contribution in [0.15, 0.2) is 0 Å². The summed E-state index contributed by atoms with van der Waals surface area (Å²) < 4.78 is 13.1. The average Bonchev–Trinajstić information content (AvgIpc) is 2.98. The molecule has 6 nitrogen and oxygen atoms in total. The fraction of sp³-hybridized carbons (Fsp3) is 0.778. The molecule has 2 aliphatic heterocycles. The van der Waals surface area contributed by atoms with Gasteiger partial charge in [-0.15, -0.1) is 0 Å². The molecule has 1 aromatic rings. The van der Waals surface area contributed by atoms with Gasteiger partial charge in [-0.2, -0.15) is 5.10 Å². The number of nitrogens with one attached hydrogen (secondary N) is 1. The highest BCUT2D eigenvalue weighted by atomic mass is 16.5. The number of aryl methyl sites for hydroxylation is 1. The Bertz CT molecular complexity index is 562. The molecule has 134 valence electrons. The molecule has 0 atom stereocenters. The van der Waals surface area contributed by atoms with E-state index in [-0.39, 0.29) is 5.91 Å². The van der Waals surface area contributed by atoms with Crippen molar-refractivity contribution in [2.75, 3.05) is 26.4 Å². The quantitative estimate of drug-likeness (QED) is 0.864. The lowest BCUT2D eigenvalue weighted by Crippen LogP contribution is -2.32. The molecule has 0 spiro atoms. The normalized spacial score (nSPS) is 18.6. The monoisotopic (exact) mass is 335 g/mol. The fourth-order valence-electron chi connectivity index (χ4n) is 3.49. The fourth-order valence-corrected chi connectivity index (χ4v) is 3.49. The van der Waals surface area contributed by atoms with Gasteiger partial charge in [-0.3, -0.25) is 9.48 Å². The molecule has 3 rings (SSSR count). The number of carbonyl (C=O) groups excluding carboxylic acids is 1. The van der Waals surface area contributed by atoms with Crippen LogP contribution in [0.5, 0.6) is 0 Å². The zero-order chi connectivity index (χ0) is 16.9. The van der Waals surface area contributed by atoms with E-state index in [4.69, 9.17) is 14.6 Å². The van der Waals surface area contributed by atoms with E-state index in [9.17, 15) is 4.79 Å². The first kappa shape index (κ1) is 17.4. The summed E-state index contributed by atoms with van der Waals surface area (Å²) in [5, 5.41) is 7.83. The second kappa shape index (κ2) is 8.12. The van der Waals surface area contributed by atoms with Crippen LogP contribution in [0.25, 0.3) is 0 Å². The third-order valence-corrected chi connectivity index (χ3v) is 4.94. The lowest BCUT2D eigenvalue weighted by Gasteiger charge is -2.22. The Morgan fingerprint density at radius 2 is 2.08 bits per heavy atom. The van der Waals surface area contributed by atoms with Crippen LogP contribution in [0, 0.1) is 5.92 Å². The molecule has 0 saturated carbocycles. The van der Waals surface area contributed by atoms with Gasteiger partial charge in [0, 0.05) is 56.3 Å². The molecule has 0 radical (unpaired) electrons. The molecule has 1 N–H and O–H groups in total. The average molecular weight is 335 g/mol. The summed E-state index contributed by atoms with van der Waals surface area (Å²) in [6.07, 6.45) is 4.18. The lowest BCUT2D eigenvalue weighted by molar-refractivity contribution is -0.121. The Balaban J connectivity index is 1.53. The summed E-state index contributed by atoms with van der Waals surface area (Å²) in [6, 6.07) is 0.341. The van der Waals surface area contributed by atoms with Crippen LogP contribution in [0.1, 0.15) is 56.1 Å². The van der Waals surface area contributed by atoms with Gasteiger partial charge in [0.2, 0.25) is 5.91 Å². The highest BCUT2D eigenvalue weighted by Gasteiger charge is 2.23. The first-order valence-electron chi connectivity index (χ1n) is 9.16. The van der Waals surface area contributed by atoms with Crippen molar-refractivity contribution in [3.63, 3.8) is 0 Å². The molecule has 1 saturated heterocycles. The number of carbonyl (C=O) groups is 1. The zero-order valence-electron chi connectivity index (χ0n) is 14.8. The van der Waals surface area contributed by atoms with E-state index in [1.165, 1.54) is 11.3 Å². The van der Waals surface area contributed by atoms with Gasteiger partial charge in [0.05, 0.1) is 18.9 Å². The van der Waals surface area contributed by atoms with Crippen molar-refractivity contribution in [3.8, 4) is 0 Å². The van der Waals surface area contributed by atoms with E-state index in [0.29, 0.717) is 31.4 Å². The number of aromatic nitrogens is 2. The van der Waals surface area contributed by atoms with Crippen LogP contribution in [0.3, 0.4) is 0 Å². The number of hydrogen-bond donors (Lipinski definition) is 1. The molecule has 0 bridgehead atoms. The zero-order valence-corrected chi connectivity index (χ0v) is 14.8. The predicted molar refractivity (Wildman–Crippen MR) is 90.8 cm³/mol. The minimum Gasteiger partial charge on any atom is -0.381 e. The highest BCUT2D eigenvalue weighted by molar-refractivity contribution is 5.76. The van der Waals surface area contributed by atoms with Gasteiger partial charge in [0.25, 0.3) is 0 Å². The van der Waals surface area contributed by atoms with Gasteiger partial charge < -0.3 is 14.8 Å². The number of ether oxygens (including phenoxy) is 2. The van der Waals surface area contributed by atoms with Crippen molar-refractivity contribution < 1.29 is 14.3 Å². The molecule has 1 fully saturated rings. The van der Waals surface area contributed by atoms with Gasteiger partial charge in [0.1, 0.15) is 0 Å². The molecule has 0 aromatic carbocycles. The van der Waals surface area contributed by atoms with Crippen LogP contribution in [0.4, 0.5) is 0 Å². The third-order valence-electron chi connectivity index (χ3n) is 4.94. The van der Waals surface area contributed by atoms with Crippen LogP contribution < -0.4 is 5.32 Å². The van der Waals surface area contributed by atoms with Gasteiger partial charge >= 0.3 is 0 Å². The molecule has 6 heteroatoms. The maximum Gasteiger partial charge on any atom is 0.220 e. The van der Waals surface area contributed by atoms with Crippen molar-refractivity contribution in [2.45, 2.75) is 58.6 Å². The van der Waals surface area contributed by atoms with Gasteiger partial charge in [-0.1, -0.05) is 0 Å². The largest absolute Gasteiger partial charge is 0.381 e. The number of fused-ring (bicyclic) bond motifs is 1. The minimum absolute atomic E-state index is 0.117. The maximum absolute atomic E-state index is 12.2. The predicted octanol–water partition coefficient (Wildman–Crippen LogP) is 2.01. The summed E-state index contributed by atoms with van der Waals surface area (Å²) in [7, 11) is 0. The number of hydrogen-bond acceptors (Lipinski definition) is 4. The van der Waals surface area contributed by atoms with E-state index < -0.39 is 0 Å². The second-order valence-electron chi connectivity index (χ2n) is 7.07. The van der Waals surface area contributed by atoms with E-state index in [1.807, 2.05) is 0 Å². The summed E-state index contributed by atoms with van der Waals surface area (Å²) >= 11 is 0. The summed E-state index contributed by atoms with van der Waals surface area (Å²) in [4.78, 5) is 12.2. The Morgan fingerprint density at radius 1 is 1.29 bits per heavy atom. The number of amides is 1. The molecule has 0 aliphatic carbocycles. The molecular weight excluding hydrogens is 306 g/mol. The maximum atomic E-state index is 12.2. The number of nitrogens with zero attached hydrogens (tertiary/aromatic N) is 2. The molecule has 2 aliphatic rings. The molecule has 1 amide bonds. The summed E-state index contributed by atoms with van der Waals surface area (Å²) in [6.45, 7) is 8.08. The van der Waals surface area contributed by atoms with Crippen molar-refractivity contribution in [1.82, 2.24) is 15.1 Å². The number of rotatable bonds is 6. The summed E-state index contributed by atoms with van der Waals surface area (Å²) in [5.41, 5.74) is 3.51. The second-order valence-corrected chi connectivity index (χ2v) is 7.07. The standard InChI is InChI=1S/C18H29N3O3/c1-13(2)21-17-7-10-24-12-15(17)16(20-21)3-4-18(22)19-11-14-5-8-23-9-6-14/h13-14H,3-12H2,1-2H3,(H,19,22). The molecule has 0 unspecified atom stereocenters. The van der Waals surface area contributed by atoms with Crippen LogP contribution in [-0.4, -0.2) is 42.1 Å². The lowest BCUT2D eigenvalue weighted by atomic mass is 10.0. The van der Waals surface area contributed by atoms with Crippen molar-refractivity contribution >= 4 is 5.91 Å². The van der Waals surface area contributed by atoms with Crippen molar-refractivity contribution in [3.05, 3.63) is 17.0 Å². The summed E-state index contributed by atoms with van der Waals surface area (Å²) in [5.74, 6) is 0.676. The Hall–Kier alpha value is -1.40. The van der Waals surface area contributed by atoms with E-state index in [0.717, 1.165) is 51.3 Å². The van der Waals surface area contributed by atoms with Gasteiger partial charge in [0.15, 0.2) is 0 Å². The van der Waals surface area contributed by atoms with Crippen molar-refractivity contribution in [2.24, 2.45) is 5.92 Å². The Labute approximate surface area is 143 Å². The van der Waals surface area contributed by atoms with Crippen LogP contribution >= 0.6 is 0 Å². The molecule has 1 aromatic heterocycles. The smallest absolute Gasteiger partial charge is 0.220 e. The molecule has 24 heavy (non-hydrogen) atoms. The molecule has 3 heterocycles. The topological polar surface area (TPSA) is 65.4 Å². The SMILES string of the molecule is CC(C)n1nc(CCC(=O)NCC2CCOCC2)c2c1CCOC2. The Kier molecular flexibility index (Phi) is 5.89. The van der Waals surface area contributed by atoms with Crippen molar-refractivity contribution in [1.29, 1.82) is 0 Å². The van der Waals surface area contributed by atoms with E-state index in [1.54, 1.807) is 0 Å². The van der Waals surface area contributed by atoms with E-state index >= 15 is 0 Å². The van der Waals surface area contributed by atoms with Gasteiger partial charge in [-0.25, -0.2) is 0 Å². The third kappa shape index (κ3) is 4.16. The van der Waals surface area contributed by atoms with E-state index in [2.05, 4.69) is 23.8 Å². The minimum atomic E-state index is 0.117. The van der Waals surface area contributed by atoms with Crippen LogP contribution in [-0.2, 0) is 33.7 Å². The first-order valence-corrected chi connectivity index (χ1v) is 9.16. The Morgan fingerprint density at radius 3 is 2.83 bits per heavy atom. The molecular formula is C18H29N3O3. The van der Waals surface area contributed by atoms with Crippen LogP contribution in [0.2, 0.25) is 0 Å². The van der Waals surface area contributed by atoms with Gasteiger partial charge in [-0.05, 0) is 32.6 Å². The first-order chi connectivity index (χ1) is 11.6. The highest BCUT2D eigenvalue weighted by Crippen LogP contribution is 2.24.